The molecule has 0 saturated heterocycles. The summed E-state index contributed by atoms with van der Waals surface area (Å²) in [5.74, 6) is -1.33. The lowest BCUT2D eigenvalue weighted by Gasteiger charge is -2.22. The molecular weight excluding hydrogens is 288 g/mol. The summed E-state index contributed by atoms with van der Waals surface area (Å²) in [6, 6.07) is 1.28. The number of carbonyl (C=O) groups excluding carboxylic acids is 1. The standard InChI is InChI=1S/C7H11NO8P2/c1-2-16-5(9)6(4-8)3-7(6,17(10,11)12)18(13,14)15/h2-3H2,1H3,(H2,10,11,12)(H2,13,14,15). The Morgan fingerprint density at radius 1 is 1.33 bits per heavy atom. The van der Waals surface area contributed by atoms with E-state index in [2.05, 4.69) is 4.74 Å². The molecule has 0 aromatic heterocycles. The Balaban J connectivity index is 3.40. The molecule has 11 heteroatoms. The molecule has 0 heterocycles. The van der Waals surface area contributed by atoms with E-state index in [1.54, 1.807) is 0 Å². The van der Waals surface area contributed by atoms with Crippen molar-refractivity contribution >= 4 is 21.2 Å². The van der Waals surface area contributed by atoms with E-state index in [9.17, 15) is 13.9 Å². The fraction of sp³-hybridized carbons (Fsp3) is 0.714. The van der Waals surface area contributed by atoms with Gasteiger partial charge < -0.3 is 24.3 Å². The van der Waals surface area contributed by atoms with Gasteiger partial charge in [0.25, 0.3) is 0 Å². The lowest BCUT2D eigenvalue weighted by molar-refractivity contribution is -0.147. The van der Waals surface area contributed by atoms with Crippen LogP contribution in [0.3, 0.4) is 0 Å². The van der Waals surface area contributed by atoms with Gasteiger partial charge in [-0.15, -0.1) is 0 Å². The van der Waals surface area contributed by atoms with Gasteiger partial charge in [-0.25, -0.2) is 0 Å². The summed E-state index contributed by atoms with van der Waals surface area (Å²) in [5.41, 5.74) is -2.50. The number of hydrogen-bond acceptors (Lipinski definition) is 5. The highest BCUT2D eigenvalue weighted by molar-refractivity contribution is 7.73. The monoisotopic (exact) mass is 299 g/mol. The van der Waals surface area contributed by atoms with Crippen molar-refractivity contribution in [1.29, 1.82) is 5.26 Å². The maximum atomic E-state index is 11.5. The molecule has 0 amide bonds. The summed E-state index contributed by atoms with van der Waals surface area (Å²) in [4.78, 5) is 44.9. The lowest BCUT2D eigenvalue weighted by Crippen LogP contribution is -2.29. The molecule has 1 aliphatic rings. The highest BCUT2D eigenvalue weighted by Crippen LogP contribution is 2.88. The maximum absolute atomic E-state index is 11.5. The van der Waals surface area contributed by atoms with Gasteiger partial charge in [0.1, 0.15) is 0 Å². The zero-order valence-corrected chi connectivity index (χ0v) is 11.0. The highest BCUT2D eigenvalue weighted by atomic mass is 31.2. The van der Waals surface area contributed by atoms with Crippen LogP contribution in [0.1, 0.15) is 13.3 Å². The summed E-state index contributed by atoms with van der Waals surface area (Å²) in [7, 11) is -10.8. The Kier molecular flexibility index (Phi) is 3.52. The van der Waals surface area contributed by atoms with E-state index in [4.69, 9.17) is 24.8 Å². The fourth-order valence-corrected chi connectivity index (χ4v) is 5.38. The lowest BCUT2D eigenvalue weighted by atomic mass is 10.1. The van der Waals surface area contributed by atoms with E-state index in [-0.39, 0.29) is 6.61 Å². The number of nitriles is 1. The fourth-order valence-electron chi connectivity index (χ4n) is 1.86. The molecule has 1 atom stereocenters. The van der Waals surface area contributed by atoms with Gasteiger partial charge in [0.2, 0.25) is 4.90 Å². The van der Waals surface area contributed by atoms with Gasteiger partial charge in [-0.05, 0) is 6.92 Å². The predicted molar refractivity (Wildman–Crippen MR) is 56.1 cm³/mol. The first kappa shape index (κ1) is 15.3. The van der Waals surface area contributed by atoms with Crippen LogP contribution in [-0.4, -0.2) is 37.0 Å². The van der Waals surface area contributed by atoms with Gasteiger partial charge in [0.15, 0.2) is 5.41 Å². The van der Waals surface area contributed by atoms with Crippen LogP contribution >= 0.6 is 15.2 Å². The van der Waals surface area contributed by atoms with Crippen molar-refractivity contribution in [2.75, 3.05) is 6.61 Å². The van der Waals surface area contributed by atoms with Crippen LogP contribution in [0.15, 0.2) is 0 Å². The summed E-state index contributed by atoms with van der Waals surface area (Å²) in [5, 5.41) is 8.88. The van der Waals surface area contributed by atoms with Crippen LogP contribution in [0.5, 0.6) is 0 Å². The second kappa shape index (κ2) is 4.14. The number of rotatable bonds is 4. The normalized spacial score (nSPS) is 26.2. The molecule has 1 saturated carbocycles. The van der Waals surface area contributed by atoms with Crippen LogP contribution in [-0.2, 0) is 18.7 Å². The Bertz CT molecular complexity index is 490. The molecule has 9 nitrogen and oxygen atoms in total. The molecule has 102 valence electrons. The van der Waals surface area contributed by atoms with Crippen molar-refractivity contribution in [2.24, 2.45) is 5.41 Å². The molecule has 1 aliphatic carbocycles. The average molecular weight is 299 g/mol. The van der Waals surface area contributed by atoms with Gasteiger partial charge in [-0.2, -0.15) is 5.26 Å². The van der Waals surface area contributed by atoms with Crippen LogP contribution in [0.25, 0.3) is 0 Å². The smallest absolute Gasteiger partial charge is 0.346 e. The molecule has 1 unspecified atom stereocenters. The zero-order valence-electron chi connectivity index (χ0n) is 9.18. The summed E-state index contributed by atoms with van der Waals surface area (Å²) < 4.78 is 27.0. The van der Waals surface area contributed by atoms with E-state index in [0.29, 0.717) is 0 Å². The molecule has 0 radical (unpaired) electrons. The van der Waals surface area contributed by atoms with Crippen molar-refractivity contribution in [3.63, 3.8) is 0 Å². The maximum Gasteiger partial charge on any atom is 0.346 e. The summed E-state index contributed by atoms with van der Waals surface area (Å²) in [6.07, 6.45) is -0.927. The molecule has 4 N–H and O–H groups in total. The average Bonchev–Trinajstić information content (AvgIpc) is 2.88. The topological polar surface area (TPSA) is 165 Å². The van der Waals surface area contributed by atoms with Gasteiger partial charge in [0, 0.05) is 6.42 Å². The van der Waals surface area contributed by atoms with Crippen LogP contribution < -0.4 is 0 Å². The molecule has 0 aromatic carbocycles. The van der Waals surface area contributed by atoms with Crippen molar-refractivity contribution in [3.05, 3.63) is 0 Å². The first-order valence-electron chi connectivity index (χ1n) is 4.70. The summed E-state index contributed by atoms with van der Waals surface area (Å²) in [6.45, 7) is 1.21. The van der Waals surface area contributed by atoms with E-state index in [1.807, 2.05) is 0 Å². The molecule has 0 bridgehead atoms. The largest absolute Gasteiger partial charge is 0.465 e. The minimum atomic E-state index is -5.38. The third-order valence-electron chi connectivity index (χ3n) is 2.85. The van der Waals surface area contributed by atoms with Crippen LogP contribution in [0.2, 0.25) is 0 Å². The first-order valence-corrected chi connectivity index (χ1v) is 7.92. The second-order valence-corrected chi connectivity index (χ2v) is 7.87. The van der Waals surface area contributed by atoms with Gasteiger partial charge >= 0.3 is 21.2 Å². The van der Waals surface area contributed by atoms with E-state index >= 15 is 0 Å². The van der Waals surface area contributed by atoms with E-state index in [0.717, 1.165) is 0 Å². The predicted octanol–water partition coefficient (Wildman–Crippen LogP) is -0.485. The molecule has 1 fully saturated rings. The molecule has 0 spiro atoms. The van der Waals surface area contributed by atoms with Crippen molar-refractivity contribution < 1.29 is 38.2 Å². The molecule has 0 aromatic rings. The number of esters is 1. The van der Waals surface area contributed by atoms with E-state index in [1.165, 1.54) is 13.0 Å². The molecule has 1 rings (SSSR count). The van der Waals surface area contributed by atoms with Crippen molar-refractivity contribution in [2.45, 2.75) is 18.2 Å². The minimum Gasteiger partial charge on any atom is -0.465 e. The Morgan fingerprint density at radius 3 is 2.00 bits per heavy atom. The Morgan fingerprint density at radius 2 is 1.78 bits per heavy atom. The SMILES string of the molecule is CCOC(=O)C1(C#N)CC1(P(=O)(O)O)P(=O)(O)O. The number of nitrogens with zero attached hydrogens (tertiary/aromatic N) is 1. The number of hydrogen-bond donors (Lipinski definition) is 4. The van der Waals surface area contributed by atoms with Gasteiger partial charge in [0.05, 0.1) is 12.7 Å². The Hall–Kier alpha value is -0.740. The Labute approximate surface area is 102 Å². The quantitative estimate of drug-likeness (QED) is 0.396. The van der Waals surface area contributed by atoms with Crippen LogP contribution in [0.4, 0.5) is 0 Å². The van der Waals surface area contributed by atoms with Crippen LogP contribution in [0, 0.1) is 16.7 Å². The highest BCUT2D eigenvalue weighted by Gasteiger charge is 2.90. The van der Waals surface area contributed by atoms with Crippen molar-refractivity contribution in [1.82, 2.24) is 0 Å². The third kappa shape index (κ3) is 1.74. The van der Waals surface area contributed by atoms with Gasteiger partial charge in [-0.3, -0.25) is 13.9 Å². The number of ether oxygens (including phenoxy) is 1. The zero-order chi connectivity index (χ0) is 14.4. The number of carbonyl (C=O) groups is 1. The summed E-state index contributed by atoms with van der Waals surface area (Å²) >= 11 is 0. The van der Waals surface area contributed by atoms with E-state index < -0.39 is 37.9 Å². The molecule has 0 aliphatic heterocycles. The molecular formula is C7H11NO8P2. The van der Waals surface area contributed by atoms with Crippen molar-refractivity contribution in [3.8, 4) is 6.07 Å². The first-order chi connectivity index (χ1) is 8.00. The minimum absolute atomic E-state index is 0.180. The third-order valence-corrected chi connectivity index (χ3v) is 7.42. The second-order valence-electron chi connectivity index (χ2n) is 3.82. The van der Waals surface area contributed by atoms with Gasteiger partial charge in [-0.1, -0.05) is 0 Å². The molecule has 18 heavy (non-hydrogen) atoms.